The highest BCUT2D eigenvalue weighted by Crippen LogP contribution is 2.00. The maximum Gasteiger partial charge on any atom is 0.325 e. The van der Waals surface area contributed by atoms with Crippen molar-refractivity contribution in [2.45, 2.75) is 13.5 Å². The van der Waals surface area contributed by atoms with Crippen molar-refractivity contribution >= 4 is 11.9 Å². The maximum absolute atomic E-state index is 11.1. The van der Waals surface area contributed by atoms with Crippen molar-refractivity contribution < 1.29 is 14.3 Å². The first-order valence-electron chi connectivity index (χ1n) is 4.62. The number of carbonyl (C=O) groups excluding carboxylic acids is 2. The molecule has 0 aliphatic heterocycles. The van der Waals surface area contributed by atoms with Crippen molar-refractivity contribution in [3.05, 3.63) is 35.9 Å². The molecule has 0 unspecified atom stereocenters. The topological polar surface area (TPSA) is 55.4 Å². The van der Waals surface area contributed by atoms with Crippen LogP contribution in [0.15, 0.2) is 30.3 Å². The van der Waals surface area contributed by atoms with E-state index in [1.165, 1.54) is 6.92 Å². The van der Waals surface area contributed by atoms with Crippen LogP contribution in [0.4, 0.5) is 0 Å². The summed E-state index contributed by atoms with van der Waals surface area (Å²) in [4.78, 5) is 21.6. The molecule has 0 saturated heterocycles. The lowest BCUT2D eigenvalue weighted by Crippen LogP contribution is -2.28. The molecule has 0 bridgehead atoms. The number of hydrogen-bond donors (Lipinski definition) is 1. The van der Waals surface area contributed by atoms with E-state index in [-0.39, 0.29) is 19.1 Å². The number of esters is 1. The minimum absolute atomic E-state index is 0.0812. The number of hydrogen-bond acceptors (Lipinski definition) is 3. The Morgan fingerprint density at radius 3 is 2.53 bits per heavy atom. The molecule has 0 spiro atoms. The van der Waals surface area contributed by atoms with Crippen LogP contribution in [0.2, 0.25) is 0 Å². The van der Waals surface area contributed by atoms with E-state index in [1.807, 2.05) is 30.3 Å². The van der Waals surface area contributed by atoms with Crippen LogP contribution < -0.4 is 5.32 Å². The van der Waals surface area contributed by atoms with E-state index >= 15 is 0 Å². The van der Waals surface area contributed by atoms with Crippen LogP contribution >= 0.6 is 0 Å². The highest BCUT2D eigenvalue weighted by Gasteiger charge is 2.03. The van der Waals surface area contributed by atoms with Gasteiger partial charge in [-0.25, -0.2) is 0 Å². The van der Waals surface area contributed by atoms with Gasteiger partial charge in [0.05, 0.1) is 0 Å². The molecule has 0 fully saturated rings. The Morgan fingerprint density at radius 1 is 1.27 bits per heavy atom. The smallest absolute Gasteiger partial charge is 0.325 e. The lowest BCUT2D eigenvalue weighted by Gasteiger charge is -2.04. The van der Waals surface area contributed by atoms with Crippen LogP contribution in [-0.2, 0) is 20.9 Å². The lowest BCUT2D eigenvalue weighted by atomic mass is 10.2. The van der Waals surface area contributed by atoms with E-state index in [0.717, 1.165) is 5.56 Å². The molecule has 1 amide bonds. The SMILES string of the molecule is CC(=O)NC[13C](=O)OCc1ccccc1. The van der Waals surface area contributed by atoms with Crippen molar-refractivity contribution in [3.8, 4) is 0 Å². The average molecular weight is 208 g/mol. The average Bonchev–Trinajstić information content (AvgIpc) is 2.25. The first kappa shape index (κ1) is 11.2. The second-order valence-electron chi connectivity index (χ2n) is 3.06. The molecule has 1 aromatic carbocycles. The molecule has 0 atom stereocenters. The second kappa shape index (κ2) is 5.80. The third-order valence-corrected chi connectivity index (χ3v) is 1.72. The first-order chi connectivity index (χ1) is 7.18. The molecule has 4 nitrogen and oxygen atoms in total. The van der Waals surface area contributed by atoms with Crippen LogP contribution in [-0.4, -0.2) is 18.4 Å². The normalized spacial score (nSPS) is 9.40. The molecule has 1 aromatic rings. The van der Waals surface area contributed by atoms with Gasteiger partial charge in [-0.05, 0) is 5.56 Å². The lowest BCUT2D eigenvalue weighted by molar-refractivity contribution is -0.145. The number of carbonyl (C=O) groups is 2. The minimum Gasteiger partial charge on any atom is -0.460 e. The van der Waals surface area contributed by atoms with Crippen molar-refractivity contribution in [1.82, 2.24) is 5.32 Å². The standard InChI is InChI=1S/C11H13NO3/c1-9(13)12-7-11(14)15-8-10-5-3-2-4-6-10/h2-6H,7-8H2,1H3,(H,12,13)/i11+1. The Balaban J connectivity index is 2.26. The predicted molar refractivity (Wildman–Crippen MR) is 54.9 cm³/mol. The highest BCUT2D eigenvalue weighted by atomic mass is 16.6. The van der Waals surface area contributed by atoms with Crippen molar-refractivity contribution in [1.29, 1.82) is 0 Å². The van der Waals surface area contributed by atoms with E-state index < -0.39 is 5.97 Å². The zero-order valence-electron chi connectivity index (χ0n) is 8.53. The molecule has 80 valence electrons. The van der Waals surface area contributed by atoms with Crippen LogP contribution in [0.5, 0.6) is 0 Å². The molecule has 15 heavy (non-hydrogen) atoms. The Kier molecular flexibility index (Phi) is 4.34. The molecule has 1 N–H and O–H groups in total. The second-order valence-corrected chi connectivity index (χ2v) is 3.06. The minimum atomic E-state index is -0.436. The monoisotopic (exact) mass is 208 g/mol. The van der Waals surface area contributed by atoms with Crippen LogP contribution in [0.25, 0.3) is 0 Å². The molecule has 4 heteroatoms. The van der Waals surface area contributed by atoms with Gasteiger partial charge >= 0.3 is 5.97 Å². The molecular formula is C11H13NO3. The molecule has 0 radical (unpaired) electrons. The van der Waals surface area contributed by atoms with Crippen LogP contribution in [0.3, 0.4) is 0 Å². The van der Waals surface area contributed by atoms with Gasteiger partial charge < -0.3 is 10.1 Å². The maximum atomic E-state index is 11.1. The van der Waals surface area contributed by atoms with Crippen molar-refractivity contribution in [2.75, 3.05) is 6.54 Å². The number of nitrogens with one attached hydrogen (secondary N) is 1. The Labute approximate surface area is 88.2 Å². The van der Waals surface area contributed by atoms with Crippen LogP contribution in [0.1, 0.15) is 12.5 Å². The van der Waals surface area contributed by atoms with Gasteiger partial charge in [0.2, 0.25) is 5.91 Å². The van der Waals surface area contributed by atoms with Crippen molar-refractivity contribution in [3.63, 3.8) is 0 Å². The summed E-state index contributed by atoms with van der Waals surface area (Å²) in [5.41, 5.74) is 0.925. The summed E-state index contributed by atoms with van der Waals surface area (Å²) < 4.78 is 4.92. The predicted octanol–water partition coefficient (Wildman–Crippen LogP) is 0.866. The molecular weight excluding hydrogens is 195 g/mol. The largest absolute Gasteiger partial charge is 0.460 e. The molecule has 0 aliphatic carbocycles. The first-order valence-corrected chi connectivity index (χ1v) is 4.62. The van der Waals surface area contributed by atoms with Crippen molar-refractivity contribution in [2.24, 2.45) is 0 Å². The summed E-state index contributed by atoms with van der Waals surface area (Å²) in [6.45, 7) is 1.51. The molecule has 0 aromatic heterocycles. The summed E-state index contributed by atoms with van der Waals surface area (Å²) in [6, 6.07) is 9.37. The number of amides is 1. The van der Waals surface area contributed by atoms with Gasteiger partial charge in [-0.2, -0.15) is 0 Å². The van der Waals surface area contributed by atoms with Gasteiger partial charge in [-0.1, -0.05) is 30.3 Å². The summed E-state index contributed by atoms with van der Waals surface area (Å²) in [5, 5.41) is 2.37. The van der Waals surface area contributed by atoms with Crippen LogP contribution in [0, 0.1) is 0 Å². The summed E-state index contributed by atoms with van der Waals surface area (Å²) >= 11 is 0. The number of benzene rings is 1. The zero-order chi connectivity index (χ0) is 11.1. The van der Waals surface area contributed by atoms with Gasteiger partial charge in [-0.15, -0.1) is 0 Å². The third kappa shape index (κ3) is 4.81. The fourth-order valence-electron chi connectivity index (χ4n) is 0.986. The molecule has 0 saturated carbocycles. The molecule has 0 aliphatic rings. The van der Waals surface area contributed by atoms with Gasteiger partial charge in [0.15, 0.2) is 0 Å². The quantitative estimate of drug-likeness (QED) is 0.590. The number of rotatable bonds is 4. The van der Waals surface area contributed by atoms with E-state index in [1.54, 1.807) is 0 Å². The van der Waals surface area contributed by atoms with E-state index in [2.05, 4.69) is 5.32 Å². The molecule has 0 heterocycles. The highest BCUT2D eigenvalue weighted by molar-refractivity contribution is 5.80. The third-order valence-electron chi connectivity index (χ3n) is 1.72. The summed E-state index contributed by atoms with van der Waals surface area (Å²) in [6.07, 6.45) is 0. The Bertz CT molecular complexity index is 335. The van der Waals surface area contributed by atoms with E-state index in [4.69, 9.17) is 4.74 Å². The fraction of sp³-hybridized carbons (Fsp3) is 0.273. The van der Waals surface area contributed by atoms with Gasteiger partial charge in [0.1, 0.15) is 13.2 Å². The van der Waals surface area contributed by atoms with Gasteiger partial charge in [0.25, 0.3) is 0 Å². The van der Waals surface area contributed by atoms with E-state index in [9.17, 15) is 9.59 Å². The molecule has 1 rings (SSSR count). The van der Waals surface area contributed by atoms with Gasteiger partial charge in [0, 0.05) is 6.92 Å². The zero-order valence-corrected chi connectivity index (χ0v) is 8.53. The summed E-state index contributed by atoms with van der Waals surface area (Å²) in [7, 11) is 0. The Hall–Kier alpha value is -1.84. The van der Waals surface area contributed by atoms with E-state index in [0.29, 0.717) is 0 Å². The fourth-order valence-corrected chi connectivity index (χ4v) is 0.986. The Morgan fingerprint density at radius 2 is 1.93 bits per heavy atom. The number of ether oxygens (including phenoxy) is 1. The summed E-state index contributed by atoms with van der Waals surface area (Å²) in [5.74, 6) is -0.680. The van der Waals surface area contributed by atoms with Gasteiger partial charge in [-0.3, -0.25) is 9.59 Å².